The van der Waals surface area contributed by atoms with Crippen molar-refractivity contribution in [3.05, 3.63) is 0 Å². The number of carboxylic acids is 1. The Labute approximate surface area is 538 Å². The Morgan fingerprint density at radius 2 is 0.742 bits per heavy atom. The maximum Gasteiger partial charge on any atom is 0.407 e. The minimum absolute atomic E-state index is 0.120. The summed E-state index contributed by atoms with van der Waals surface area (Å²) in [7, 11) is 0. The molecule has 7 N–H and O–H groups in total. The van der Waals surface area contributed by atoms with Crippen molar-refractivity contribution in [1.29, 1.82) is 0 Å². The third-order valence-corrected chi connectivity index (χ3v) is 32.5. The van der Waals surface area contributed by atoms with Crippen LogP contribution in [0.25, 0.3) is 0 Å². The van der Waals surface area contributed by atoms with Gasteiger partial charge in [-0.05, 0) is 333 Å². The lowest BCUT2D eigenvalue weighted by Crippen LogP contribution is -2.59. The van der Waals surface area contributed by atoms with E-state index >= 15 is 0 Å². The molecule has 3 amide bonds. The summed E-state index contributed by atoms with van der Waals surface area (Å²) >= 11 is 0. The van der Waals surface area contributed by atoms with Crippen LogP contribution in [0.1, 0.15) is 276 Å². The Hall–Kier alpha value is -2.44. The van der Waals surface area contributed by atoms with Crippen molar-refractivity contribution in [3.8, 4) is 0 Å². The summed E-state index contributed by atoms with van der Waals surface area (Å²) in [4.78, 5) is 52.2. The van der Waals surface area contributed by atoms with Crippen molar-refractivity contribution in [2.45, 2.75) is 318 Å². The minimum Gasteiger partial charge on any atom is -0.481 e. The SMILES string of the molecule is C[C@H](CCC(=O)O)[C@H]1CC[C@H]2[C@@H]3CC[C@@H]4C[C@H](NC(=O)CC[C@@H](C)[C@H]5CC[C@H]6[C@@H]7CC[C@@H]8C[C@H](NC(=O)CC[C@@H](C)[C@H]9CC[C@H]%10[C@@H]%11CC[C@@H]%12C[C@H](NC(=O)OC(C)(C)C)CC[C@]%12(C)[C@H]%11C[C@H](O)[C@]9%10C)CC[C@]8(C)[C@H]7C[C@H](O)[C@]56C)CC[C@]4(C)[C@H]3C[C@H](O)[C@]12C. The molecule has 89 heavy (non-hydrogen) atoms. The molecule has 0 aliphatic heterocycles. The van der Waals surface area contributed by atoms with E-state index in [1.165, 1.54) is 51.4 Å². The number of alkyl carbamates (subject to hydrolysis) is 1. The van der Waals surface area contributed by atoms with Crippen LogP contribution in [0.4, 0.5) is 4.79 Å². The van der Waals surface area contributed by atoms with Crippen molar-refractivity contribution in [2.75, 3.05) is 0 Å². The molecule has 504 valence electrons. The summed E-state index contributed by atoms with van der Waals surface area (Å²) in [5, 5.41) is 56.8. The highest BCUT2D eigenvalue weighted by atomic mass is 16.6. The number of carboxylic acid groups (broad SMARTS) is 1. The van der Waals surface area contributed by atoms with Crippen LogP contribution < -0.4 is 16.0 Å². The molecule has 0 spiro atoms. The normalized spacial score (nSPS) is 49.9. The van der Waals surface area contributed by atoms with Gasteiger partial charge in [-0.3, -0.25) is 14.4 Å². The van der Waals surface area contributed by atoms with Crippen LogP contribution in [-0.2, 0) is 19.1 Å². The summed E-state index contributed by atoms with van der Waals surface area (Å²) in [5.74, 6) is 8.50. The van der Waals surface area contributed by atoms with Gasteiger partial charge in [0, 0.05) is 37.4 Å². The molecule has 0 bridgehead atoms. The van der Waals surface area contributed by atoms with Crippen molar-refractivity contribution >= 4 is 23.9 Å². The molecular weight excluding hydrogens is 1110 g/mol. The monoisotopic (exact) mass is 1240 g/mol. The van der Waals surface area contributed by atoms with Crippen LogP contribution in [-0.4, -0.2) is 86.3 Å². The molecule has 30 atom stereocenters. The second-order valence-electron chi connectivity index (χ2n) is 37.0. The van der Waals surface area contributed by atoms with E-state index in [2.05, 4.69) is 78.3 Å². The number of aliphatic hydroxyl groups excluding tert-OH is 3. The number of carbonyl (C=O) groups excluding carboxylic acids is 3. The summed E-state index contributed by atoms with van der Waals surface area (Å²) in [6.07, 6.45) is 28.6. The topological polar surface area (TPSA) is 195 Å². The molecule has 0 aromatic rings. The summed E-state index contributed by atoms with van der Waals surface area (Å²) in [6.45, 7) is 27.6. The van der Waals surface area contributed by atoms with Gasteiger partial charge in [-0.1, -0.05) is 62.3 Å². The highest BCUT2D eigenvalue weighted by Gasteiger charge is 2.68. The lowest BCUT2D eigenvalue weighted by atomic mass is 9.43. The van der Waals surface area contributed by atoms with Crippen LogP contribution in [0.2, 0.25) is 0 Å². The van der Waals surface area contributed by atoms with Gasteiger partial charge >= 0.3 is 12.1 Å². The highest BCUT2D eigenvalue weighted by molar-refractivity contribution is 5.76. The van der Waals surface area contributed by atoms with Gasteiger partial charge in [-0.25, -0.2) is 4.79 Å². The van der Waals surface area contributed by atoms with E-state index in [0.29, 0.717) is 126 Å². The molecule has 0 heterocycles. The van der Waals surface area contributed by atoms with Crippen molar-refractivity contribution < 1.29 is 44.3 Å². The fourth-order valence-corrected chi connectivity index (χ4v) is 27.7. The Balaban J connectivity index is 0.583. The Morgan fingerprint density at radius 1 is 0.427 bits per heavy atom. The molecule has 12 heteroatoms. The predicted octanol–water partition coefficient (Wildman–Crippen LogP) is 15.1. The number of hydrogen-bond donors (Lipinski definition) is 7. The largest absolute Gasteiger partial charge is 0.481 e. The van der Waals surface area contributed by atoms with Gasteiger partial charge < -0.3 is 41.1 Å². The van der Waals surface area contributed by atoms with Gasteiger partial charge in [-0.15, -0.1) is 0 Å². The zero-order valence-corrected chi connectivity index (χ0v) is 57.9. The third-order valence-electron chi connectivity index (χ3n) is 32.5. The number of ether oxygens (including phenoxy) is 1. The van der Waals surface area contributed by atoms with E-state index in [1.807, 2.05) is 20.8 Å². The summed E-state index contributed by atoms with van der Waals surface area (Å²) < 4.78 is 5.63. The van der Waals surface area contributed by atoms with E-state index in [-0.39, 0.29) is 93.3 Å². The number of aliphatic carboxylic acids is 1. The third kappa shape index (κ3) is 11.5. The first-order valence-corrected chi connectivity index (χ1v) is 37.8. The molecular formula is C77H127N3O9. The van der Waals surface area contributed by atoms with Crippen molar-refractivity contribution in [3.63, 3.8) is 0 Å². The fraction of sp³-hybridized carbons (Fsp3) is 0.948. The standard InChI is InChI=1S/C77H127N3O9/c1-43(13-28-67(84)79-50-32-35-73(8)47(38-50)17-20-53-60-27-24-57(45(3)15-30-69(86)87)77(60,12)66(83)41-62(53)73)55-22-25-58-52-19-16-46-37-49(31-34-72(46,7)61(52)40-64(81)75(55,58)10)78-68(85)29-14-44(2)56-23-26-59-54-21-18-48-39-51(80-70(88)89-71(4,5)6)33-36-74(48,9)63(54)42-65(82)76(56,59)11/h43-66,81-83H,13-42H2,1-12H3,(H,78,85)(H,79,84)(H,80,88)(H,86,87)/t43-,44-,45-,46-,47-,48-,49-,50-,51-,52+,53+,54+,55-,56-,57-,58+,59+,60+,61+,62+,63+,64+,65+,66+,72+,73+,74+,75-,76-,77-/m1/s1. The quantitative estimate of drug-likeness (QED) is 0.0835. The lowest BCUT2D eigenvalue weighted by molar-refractivity contribution is -0.170. The Kier molecular flexibility index (Phi) is 18.4. The van der Waals surface area contributed by atoms with Gasteiger partial charge in [0.15, 0.2) is 0 Å². The Morgan fingerprint density at radius 3 is 1.06 bits per heavy atom. The zero-order valence-electron chi connectivity index (χ0n) is 57.9. The van der Waals surface area contributed by atoms with E-state index < -0.39 is 11.6 Å². The predicted molar refractivity (Wildman–Crippen MR) is 350 cm³/mol. The zero-order chi connectivity index (χ0) is 63.7. The average Bonchev–Trinajstić information content (AvgIpc) is 1.71. The van der Waals surface area contributed by atoms with Crippen molar-refractivity contribution in [1.82, 2.24) is 16.0 Å². The van der Waals surface area contributed by atoms with Crippen LogP contribution in [0.5, 0.6) is 0 Å². The number of nitrogens with one attached hydrogen (secondary N) is 3. The van der Waals surface area contributed by atoms with Gasteiger partial charge in [0.05, 0.1) is 18.3 Å². The van der Waals surface area contributed by atoms with E-state index in [0.717, 1.165) is 116 Å². The first-order valence-electron chi connectivity index (χ1n) is 37.8. The average molecular weight is 1240 g/mol. The first-order chi connectivity index (χ1) is 41.9. The number of fused-ring (bicyclic) bond motifs is 15. The second-order valence-corrected chi connectivity index (χ2v) is 37.0. The fourth-order valence-electron chi connectivity index (χ4n) is 27.7. The van der Waals surface area contributed by atoms with E-state index in [1.54, 1.807) is 0 Å². The summed E-state index contributed by atoms with van der Waals surface area (Å²) in [6, 6.07) is 0.570. The summed E-state index contributed by atoms with van der Waals surface area (Å²) in [5.41, 5.74) is -0.368. The molecule has 0 unspecified atom stereocenters. The van der Waals surface area contributed by atoms with Crippen LogP contribution >= 0.6 is 0 Å². The highest BCUT2D eigenvalue weighted by Crippen LogP contribution is 2.72. The maximum atomic E-state index is 14.0. The number of carbonyl (C=O) groups is 4. The molecule has 0 radical (unpaired) electrons. The Bertz CT molecular complexity index is 2590. The number of rotatable bonds is 15. The first kappa shape index (κ1) is 66.6. The van der Waals surface area contributed by atoms with Gasteiger partial charge in [0.1, 0.15) is 5.60 Å². The van der Waals surface area contributed by atoms with Crippen LogP contribution in [0.15, 0.2) is 0 Å². The molecule has 0 aromatic heterocycles. The minimum atomic E-state index is -0.721. The smallest absolute Gasteiger partial charge is 0.407 e. The molecule has 0 saturated heterocycles. The molecule has 12 saturated carbocycles. The van der Waals surface area contributed by atoms with E-state index in [4.69, 9.17) is 4.74 Å². The molecule has 12 aliphatic rings. The second kappa shape index (κ2) is 24.6. The maximum absolute atomic E-state index is 14.0. The van der Waals surface area contributed by atoms with Crippen LogP contribution in [0.3, 0.4) is 0 Å². The molecule has 12 rings (SSSR count). The molecule has 12 aliphatic carbocycles. The van der Waals surface area contributed by atoms with Gasteiger partial charge in [0.2, 0.25) is 11.8 Å². The van der Waals surface area contributed by atoms with Crippen LogP contribution in [0, 0.1) is 139 Å². The molecule has 12 nitrogen and oxygen atoms in total. The number of amides is 3. The van der Waals surface area contributed by atoms with Crippen molar-refractivity contribution in [2.24, 2.45) is 139 Å². The van der Waals surface area contributed by atoms with Gasteiger partial charge in [0.25, 0.3) is 0 Å². The number of aliphatic hydroxyl groups is 3. The number of hydrogen-bond acceptors (Lipinski definition) is 8. The van der Waals surface area contributed by atoms with E-state index in [9.17, 15) is 39.6 Å². The van der Waals surface area contributed by atoms with Gasteiger partial charge in [-0.2, -0.15) is 0 Å². The lowest BCUT2D eigenvalue weighted by Gasteiger charge is -2.62. The molecule has 0 aromatic carbocycles. The molecule has 12 fully saturated rings.